The Morgan fingerprint density at radius 2 is 2.21 bits per heavy atom. The second kappa shape index (κ2) is 3.12. The van der Waals surface area contributed by atoms with Gasteiger partial charge in [-0.2, -0.15) is 4.98 Å². The summed E-state index contributed by atoms with van der Waals surface area (Å²) in [5.74, 6) is 1.56. The lowest BCUT2D eigenvalue weighted by Gasteiger charge is -2.07. The van der Waals surface area contributed by atoms with E-state index in [0.29, 0.717) is 17.4 Å². The van der Waals surface area contributed by atoms with Crippen molar-refractivity contribution in [3.05, 3.63) is 12.3 Å². The van der Waals surface area contributed by atoms with Gasteiger partial charge in [0.15, 0.2) is 0 Å². The molecule has 1 atom stereocenters. The minimum Gasteiger partial charge on any atom is -0.367 e. The van der Waals surface area contributed by atoms with E-state index in [9.17, 15) is 0 Å². The SMILES string of the molecule is CNc1nccc(NC2CC2(C)C)n1. The van der Waals surface area contributed by atoms with Gasteiger partial charge in [0.2, 0.25) is 5.95 Å². The van der Waals surface area contributed by atoms with E-state index in [1.54, 1.807) is 6.20 Å². The minimum atomic E-state index is 0.421. The van der Waals surface area contributed by atoms with Gasteiger partial charge in [-0.3, -0.25) is 0 Å². The smallest absolute Gasteiger partial charge is 0.224 e. The zero-order chi connectivity index (χ0) is 10.2. The molecule has 4 heteroatoms. The summed E-state index contributed by atoms with van der Waals surface area (Å²) >= 11 is 0. The van der Waals surface area contributed by atoms with E-state index >= 15 is 0 Å². The molecule has 0 aromatic carbocycles. The highest BCUT2D eigenvalue weighted by atomic mass is 15.1. The van der Waals surface area contributed by atoms with Gasteiger partial charge in [-0.1, -0.05) is 13.8 Å². The first kappa shape index (κ1) is 9.24. The lowest BCUT2D eigenvalue weighted by molar-refractivity contribution is 0.630. The van der Waals surface area contributed by atoms with E-state index in [0.717, 1.165) is 5.82 Å². The molecule has 2 rings (SSSR count). The van der Waals surface area contributed by atoms with Gasteiger partial charge in [0, 0.05) is 19.3 Å². The van der Waals surface area contributed by atoms with Crippen LogP contribution >= 0.6 is 0 Å². The maximum absolute atomic E-state index is 4.30. The number of rotatable bonds is 3. The molecule has 0 spiro atoms. The Balaban J connectivity index is 2.03. The molecular formula is C10H16N4. The van der Waals surface area contributed by atoms with Gasteiger partial charge in [-0.25, -0.2) is 4.98 Å². The fourth-order valence-electron chi connectivity index (χ4n) is 1.45. The molecule has 1 unspecified atom stereocenters. The highest BCUT2D eigenvalue weighted by Gasteiger charge is 2.45. The fraction of sp³-hybridized carbons (Fsp3) is 0.600. The van der Waals surface area contributed by atoms with Crippen molar-refractivity contribution in [3.8, 4) is 0 Å². The van der Waals surface area contributed by atoms with Crippen LogP contribution in [-0.4, -0.2) is 23.1 Å². The van der Waals surface area contributed by atoms with Crippen molar-refractivity contribution in [2.45, 2.75) is 26.3 Å². The summed E-state index contributed by atoms with van der Waals surface area (Å²) in [5.41, 5.74) is 0.421. The number of nitrogens with zero attached hydrogens (tertiary/aromatic N) is 2. The largest absolute Gasteiger partial charge is 0.367 e. The Morgan fingerprint density at radius 3 is 2.79 bits per heavy atom. The molecule has 76 valence electrons. The highest BCUT2D eigenvalue weighted by molar-refractivity contribution is 5.42. The van der Waals surface area contributed by atoms with Crippen molar-refractivity contribution < 1.29 is 0 Å². The third-order valence-electron chi connectivity index (χ3n) is 2.71. The lowest BCUT2D eigenvalue weighted by atomic mass is 10.2. The Labute approximate surface area is 84.2 Å². The molecule has 0 saturated heterocycles. The van der Waals surface area contributed by atoms with E-state index in [1.807, 2.05) is 13.1 Å². The van der Waals surface area contributed by atoms with Crippen LogP contribution in [0.5, 0.6) is 0 Å². The highest BCUT2D eigenvalue weighted by Crippen LogP contribution is 2.46. The standard InChI is InChI=1S/C10H16N4/c1-10(2)6-7(10)13-8-4-5-12-9(11-3)14-8/h4-5,7H,6H2,1-3H3,(H2,11,12,13,14). The van der Waals surface area contributed by atoms with Crippen molar-refractivity contribution in [1.29, 1.82) is 0 Å². The molecule has 1 aliphatic rings. The molecule has 1 saturated carbocycles. The third kappa shape index (κ3) is 1.78. The maximum atomic E-state index is 4.30. The first-order valence-electron chi connectivity index (χ1n) is 4.89. The first-order valence-corrected chi connectivity index (χ1v) is 4.89. The summed E-state index contributed by atoms with van der Waals surface area (Å²) in [6.45, 7) is 4.51. The van der Waals surface area contributed by atoms with Gasteiger partial charge >= 0.3 is 0 Å². The van der Waals surface area contributed by atoms with Crippen LogP contribution in [0.4, 0.5) is 11.8 Å². The Hall–Kier alpha value is -1.32. The molecule has 1 aliphatic carbocycles. The van der Waals surface area contributed by atoms with E-state index in [-0.39, 0.29) is 0 Å². The van der Waals surface area contributed by atoms with E-state index in [4.69, 9.17) is 0 Å². The van der Waals surface area contributed by atoms with Gasteiger partial charge in [-0.05, 0) is 17.9 Å². The van der Waals surface area contributed by atoms with Crippen molar-refractivity contribution in [1.82, 2.24) is 9.97 Å². The monoisotopic (exact) mass is 192 g/mol. The molecule has 0 bridgehead atoms. The Kier molecular flexibility index (Phi) is 2.06. The number of aromatic nitrogens is 2. The summed E-state index contributed by atoms with van der Waals surface area (Å²) in [7, 11) is 1.82. The molecule has 1 aromatic heterocycles. The predicted octanol–water partition coefficient (Wildman–Crippen LogP) is 1.73. The summed E-state index contributed by atoms with van der Waals surface area (Å²) < 4.78 is 0. The molecule has 0 aliphatic heterocycles. The van der Waals surface area contributed by atoms with Gasteiger partial charge < -0.3 is 10.6 Å². The molecule has 2 N–H and O–H groups in total. The number of anilines is 2. The fourth-order valence-corrected chi connectivity index (χ4v) is 1.45. The van der Waals surface area contributed by atoms with Crippen LogP contribution in [-0.2, 0) is 0 Å². The molecule has 4 nitrogen and oxygen atoms in total. The predicted molar refractivity (Wildman–Crippen MR) is 57.4 cm³/mol. The van der Waals surface area contributed by atoms with Crippen molar-refractivity contribution in [2.24, 2.45) is 5.41 Å². The topological polar surface area (TPSA) is 49.8 Å². The molecule has 0 amide bonds. The second-order valence-corrected chi connectivity index (χ2v) is 4.41. The van der Waals surface area contributed by atoms with Crippen molar-refractivity contribution in [2.75, 3.05) is 17.7 Å². The quantitative estimate of drug-likeness (QED) is 0.765. The van der Waals surface area contributed by atoms with Crippen LogP contribution in [0.2, 0.25) is 0 Å². The Bertz CT molecular complexity index is 335. The van der Waals surface area contributed by atoms with Gasteiger partial charge in [0.25, 0.3) is 0 Å². The zero-order valence-electron chi connectivity index (χ0n) is 8.83. The van der Waals surface area contributed by atoms with E-state index in [2.05, 4.69) is 34.4 Å². The van der Waals surface area contributed by atoms with Crippen LogP contribution in [0.15, 0.2) is 12.3 Å². The van der Waals surface area contributed by atoms with Crippen LogP contribution in [0.25, 0.3) is 0 Å². The summed E-state index contributed by atoms with van der Waals surface area (Å²) in [5, 5.41) is 6.31. The molecule has 1 heterocycles. The maximum Gasteiger partial charge on any atom is 0.224 e. The summed E-state index contributed by atoms with van der Waals surface area (Å²) in [6.07, 6.45) is 2.97. The number of hydrogen-bond donors (Lipinski definition) is 2. The number of hydrogen-bond acceptors (Lipinski definition) is 4. The second-order valence-electron chi connectivity index (χ2n) is 4.41. The summed E-state index contributed by atoms with van der Waals surface area (Å²) in [6, 6.07) is 2.46. The van der Waals surface area contributed by atoms with Crippen LogP contribution < -0.4 is 10.6 Å². The van der Waals surface area contributed by atoms with Crippen molar-refractivity contribution >= 4 is 11.8 Å². The molecule has 0 radical (unpaired) electrons. The molecule has 14 heavy (non-hydrogen) atoms. The van der Waals surface area contributed by atoms with Gasteiger partial charge in [0.1, 0.15) is 5.82 Å². The van der Waals surface area contributed by atoms with E-state index < -0.39 is 0 Å². The molecular weight excluding hydrogens is 176 g/mol. The van der Waals surface area contributed by atoms with Crippen LogP contribution in [0, 0.1) is 5.41 Å². The normalized spacial score (nSPS) is 22.9. The van der Waals surface area contributed by atoms with Crippen LogP contribution in [0.3, 0.4) is 0 Å². The first-order chi connectivity index (χ1) is 6.62. The lowest BCUT2D eigenvalue weighted by Crippen LogP contribution is -2.10. The number of nitrogens with one attached hydrogen (secondary N) is 2. The van der Waals surface area contributed by atoms with Crippen molar-refractivity contribution in [3.63, 3.8) is 0 Å². The van der Waals surface area contributed by atoms with Gasteiger partial charge in [0.05, 0.1) is 0 Å². The average Bonchev–Trinajstić information content (AvgIpc) is 2.74. The average molecular weight is 192 g/mol. The Morgan fingerprint density at radius 1 is 1.50 bits per heavy atom. The van der Waals surface area contributed by atoms with Crippen LogP contribution in [0.1, 0.15) is 20.3 Å². The molecule has 1 fully saturated rings. The minimum absolute atomic E-state index is 0.421. The van der Waals surface area contributed by atoms with Gasteiger partial charge in [-0.15, -0.1) is 0 Å². The summed E-state index contributed by atoms with van der Waals surface area (Å²) in [4.78, 5) is 8.36. The molecule has 1 aromatic rings. The third-order valence-corrected chi connectivity index (χ3v) is 2.71. The zero-order valence-corrected chi connectivity index (χ0v) is 8.83. The van der Waals surface area contributed by atoms with E-state index in [1.165, 1.54) is 6.42 Å².